The summed E-state index contributed by atoms with van der Waals surface area (Å²) in [5, 5.41) is 3.49. The quantitative estimate of drug-likeness (QED) is 0.417. The molecule has 2 aromatic carbocycles. The number of aromatic nitrogens is 2. The van der Waals surface area contributed by atoms with Gasteiger partial charge in [-0.25, -0.2) is 9.97 Å². The summed E-state index contributed by atoms with van der Waals surface area (Å²) in [6.45, 7) is 7.98. The highest BCUT2D eigenvalue weighted by atomic mass is 32.2. The van der Waals surface area contributed by atoms with Crippen molar-refractivity contribution < 1.29 is 9.53 Å². The molecule has 0 unspecified atom stereocenters. The molecule has 0 bridgehead atoms. The van der Waals surface area contributed by atoms with E-state index in [2.05, 4.69) is 52.1 Å². The summed E-state index contributed by atoms with van der Waals surface area (Å²) in [4.78, 5) is 26.1. The number of carbonyl (C=O) groups excluding carboxylic acids is 1. The Morgan fingerprint density at radius 2 is 1.76 bits per heavy atom. The summed E-state index contributed by atoms with van der Waals surface area (Å²) in [6, 6.07) is 15.8. The topological polar surface area (TPSA) is 70.6 Å². The molecule has 172 valence electrons. The second kappa shape index (κ2) is 10.6. The number of rotatable bonds is 7. The van der Waals surface area contributed by atoms with E-state index >= 15 is 0 Å². The molecule has 1 fully saturated rings. The summed E-state index contributed by atoms with van der Waals surface area (Å²) in [7, 11) is 1.61. The molecule has 0 spiro atoms. The van der Waals surface area contributed by atoms with E-state index in [1.54, 1.807) is 13.3 Å². The lowest BCUT2D eigenvalue weighted by Crippen LogP contribution is -2.47. The number of methoxy groups -OCH3 is 1. The van der Waals surface area contributed by atoms with E-state index in [1.165, 1.54) is 28.6 Å². The highest BCUT2D eigenvalue weighted by Crippen LogP contribution is 2.25. The van der Waals surface area contributed by atoms with Crippen molar-refractivity contribution in [1.29, 1.82) is 0 Å². The van der Waals surface area contributed by atoms with Gasteiger partial charge in [0.05, 0.1) is 12.9 Å². The SMILES string of the molecule is COc1ccc(NC(=O)CSc2nccc(N3CCN(c4cc(C)ccc4C)CC3)n2)cc1. The fourth-order valence-corrected chi connectivity index (χ4v) is 4.44. The molecule has 1 aromatic heterocycles. The van der Waals surface area contributed by atoms with Crippen molar-refractivity contribution in [3.63, 3.8) is 0 Å². The number of nitrogens with zero attached hydrogens (tertiary/aromatic N) is 4. The summed E-state index contributed by atoms with van der Waals surface area (Å²) in [5.41, 5.74) is 4.64. The molecule has 1 aliphatic heterocycles. The molecule has 1 N–H and O–H groups in total. The number of carbonyl (C=O) groups is 1. The molecule has 0 aliphatic carbocycles. The molecule has 0 saturated carbocycles. The fourth-order valence-electron chi connectivity index (χ4n) is 3.82. The Bertz CT molecular complexity index is 1100. The van der Waals surface area contributed by atoms with E-state index in [1.807, 2.05) is 30.3 Å². The number of benzene rings is 2. The third-order valence-corrected chi connectivity index (χ3v) is 6.50. The normalized spacial score (nSPS) is 13.7. The van der Waals surface area contributed by atoms with E-state index in [-0.39, 0.29) is 11.7 Å². The standard InChI is InChI=1S/C25H29N5O2S/c1-18-4-5-19(2)22(16-18)29-12-14-30(15-13-29)23-10-11-26-25(28-23)33-17-24(31)27-20-6-8-21(32-3)9-7-20/h4-11,16H,12-15,17H2,1-3H3,(H,27,31). The molecule has 8 heteroatoms. The van der Waals surface area contributed by atoms with E-state index in [0.717, 1.165) is 43.4 Å². The zero-order valence-corrected chi connectivity index (χ0v) is 20.1. The largest absolute Gasteiger partial charge is 0.497 e. The first-order valence-electron chi connectivity index (χ1n) is 11.0. The first-order chi connectivity index (χ1) is 16.0. The molecule has 1 amide bonds. The van der Waals surface area contributed by atoms with E-state index < -0.39 is 0 Å². The van der Waals surface area contributed by atoms with Crippen molar-refractivity contribution in [2.75, 3.05) is 54.2 Å². The van der Waals surface area contributed by atoms with Crippen LogP contribution in [0.15, 0.2) is 59.9 Å². The van der Waals surface area contributed by atoms with Gasteiger partial charge in [-0.05, 0) is 61.4 Å². The summed E-state index contributed by atoms with van der Waals surface area (Å²) >= 11 is 1.34. The zero-order chi connectivity index (χ0) is 23.2. The lowest BCUT2D eigenvalue weighted by atomic mass is 10.1. The van der Waals surface area contributed by atoms with Gasteiger partial charge in [-0.2, -0.15) is 0 Å². The van der Waals surface area contributed by atoms with Gasteiger partial charge in [0.15, 0.2) is 5.16 Å². The van der Waals surface area contributed by atoms with Gasteiger partial charge < -0.3 is 19.9 Å². The second-order valence-electron chi connectivity index (χ2n) is 8.03. The van der Waals surface area contributed by atoms with Gasteiger partial charge >= 0.3 is 0 Å². The van der Waals surface area contributed by atoms with E-state index in [9.17, 15) is 4.79 Å². The molecule has 1 saturated heterocycles. The first kappa shape index (κ1) is 22.9. The van der Waals surface area contributed by atoms with Crippen LogP contribution >= 0.6 is 11.8 Å². The number of amides is 1. The van der Waals surface area contributed by atoms with Crippen molar-refractivity contribution in [2.45, 2.75) is 19.0 Å². The van der Waals surface area contributed by atoms with Gasteiger partial charge in [0, 0.05) is 43.8 Å². The van der Waals surface area contributed by atoms with Crippen LogP contribution in [0.1, 0.15) is 11.1 Å². The van der Waals surface area contributed by atoms with E-state index in [4.69, 9.17) is 9.72 Å². The maximum Gasteiger partial charge on any atom is 0.234 e. The lowest BCUT2D eigenvalue weighted by molar-refractivity contribution is -0.113. The Hall–Kier alpha value is -3.26. The molecule has 0 radical (unpaired) electrons. The van der Waals surface area contributed by atoms with Gasteiger partial charge in [0.2, 0.25) is 5.91 Å². The minimum atomic E-state index is -0.0960. The monoisotopic (exact) mass is 463 g/mol. The molecule has 2 heterocycles. The third-order valence-electron chi connectivity index (χ3n) is 5.63. The second-order valence-corrected chi connectivity index (χ2v) is 8.97. The highest BCUT2D eigenvalue weighted by Gasteiger charge is 2.20. The molecule has 1 aliphatic rings. The minimum Gasteiger partial charge on any atom is -0.497 e. The molecule has 4 rings (SSSR count). The predicted molar refractivity (Wildman–Crippen MR) is 135 cm³/mol. The Morgan fingerprint density at radius 1 is 1.03 bits per heavy atom. The number of hydrogen-bond acceptors (Lipinski definition) is 7. The van der Waals surface area contributed by atoms with Crippen molar-refractivity contribution in [2.24, 2.45) is 0 Å². The highest BCUT2D eigenvalue weighted by molar-refractivity contribution is 7.99. The van der Waals surface area contributed by atoms with Crippen molar-refractivity contribution in [3.05, 3.63) is 65.9 Å². The number of thioether (sulfide) groups is 1. The van der Waals surface area contributed by atoms with Crippen LogP contribution in [0.4, 0.5) is 17.2 Å². The summed E-state index contributed by atoms with van der Waals surface area (Å²) in [6.07, 6.45) is 1.77. The number of piperazine rings is 1. The van der Waals surface area contributed by atoms with Gasteiger partial charge in [-0.1, -0.05) is 23.9 Å². The van der Waals surface area contributed by atoms with Crippen LogP contribution in [0.3, 0.4) is 0 Å². The van der Waals surface area contributed by atoms with Crippen LogP contribution < -0.4 is 19.9 Å². The van der Waals surface area contributed by atoms with Gasteiger partial charge in [0.1, 0.15) is 11.6 Å². The smallest absolute Gasteiger partial charge is 0.234 e. The molecule has 3 aromatic rings. The maximum atomic E-state index is 12.3. The average Bonchev–Trinajstić information content (AvgIpc) is 2.85. The number of nitrogens with one attached hydrogen (secondary N) is 1. The molecule has 33 heavy (non-hydrogen) atoms. The zero-order valence-electron chi connectivity index (χ0n) is 19.2. The summed E-state index contributed by atoms with van der Waals surface area (Å²) < 4.78 is 5.14. The third kappa shape index (κ3) is 5.96. The number of ether oxygens (including phenoxy) is 1. The van der Waals surface area contributed by atoms with Crippen LogP contribution in [0.5, 0.6) is 5.75 Å². The van der Waals surface area contributed by atoms with Gasteiger partial charge in [-0.15, -0.1) is 0 Å². The fraction of sp³-hybridized carbons (Fsp3) is 0.320. The van der Waals surface area contributed by atoms with Crippen LogP contribution in [0.25, 0.3) is 0 Å². The van der Waals surface area contributed by atoms with E-state index in [0.29, 0.717) is 5.16 Å². The Labute approximate surface area is 199 Å². The Balaban J connectivity index is 1.30. The predicted octanol–water partition coefficient (Wildman–Crippen LogP) is 4.16. The van der Waals surface area contributed by atoms with Crippen LogP contribution in [-0.4, -0.2) is 54.9 Å². The number of anilines is 3. The maximum absolute atomic E-state index is 12.3. The van der Waals surface area contributed by atoms with Gasteiger partial charge in [0.25, 0.3) is 0 Å². The van der Waals surface area contributed by atoms with Gasteiger partial charge in [-0.3, -0.25) is 4.79 Å². The molecular formula is C25H29N5O2S. The van der Waals surface area contributed by atoms with Crippen molar-refractivity contribution in [1.82, 2.24) is 9.97 Å². The molecule has 0 atom stereocenters. The first-order valence-corrected chi connectivity index (χ1v) is 12.0. The lowest BCUT2D eigenvalue weighted by Gasteiger charge is -2.37. The van der Waals surface area contributed by atoms with Crippen LogP contribution in [0.2, 0.25) is 0 Å². The molecule has 7 nitrogen and oxygen atoms in total. The summed E-state index contributed by atoms with van der Waals surface area (Å²) in [5.74, 6) is 1.81. The molecular weight excluding hydrogens is 434 g/mol. The van der Waals surface area contributed by atoms with Crippen LogP contribution in [0, 0.1) is 13.8 Å². The Kier molecular flexibility index (Phi) is 7.34. The minimum absolute atomic E-state index is 0.0960. The average molecular weight is 464 g/mol. The van der Waals surface area contributed by atoms with Crippen molar-refractivity contribution in [3.8, 4) is 5.75 Å². The Morgan fingerprint density at radius 3 is 2.48 bits per heavy atom. The van der Waals surface area contributed by atoms with Crippen molar-refractivity contribution >= 4 is 34.9 Å². The number of aryl methyl sites for hydroxylation is 2. The number of hydrogen-bond donors (Lipinski definition) is 1. The van der Waals surface area contributed by atoms with Crippen LogP contribution in [-0.2, 0) is 4.79 Å².